The lowest BCUT2D eigenvalue weighted by Crippen LogP contribution is -2.43. The van der Waals surface area contributed by atoms with Crippen molar-refractivity contribution in [2.45, 2.75) is 102 Å². The predicted octanol–water partition coefficient (Wildman–Crippen LogP) is 2.19. The maximum Gasteiger partial charge on any atom is 0.500 e. The predicted molar refractivity (Wildman–Crippen MR) is 225 cm³/mol. The van der Waals surface area contributed by atoms with E-state index < -0.39 is 35.9 Å². The number of hydrogen-bond donors (Lipinski definition) is 5. The summed E-state index contributed by atoms with van der Waals surface area (Å²) < 4.78 is 50.2. The molecule has 0 amide bonds. The summed E-state index contributed by atoms with van der Waals surface area (Å²) in [7, 11) is 4.32. The topological polar surface area (TPSA) is 188 Å². The third kappa shape index (κ3) is 27.5. The minimum absolute atomic E-state index is 0.204. The van der Waals surface area contributed by atoms with Crippen LogP contribution in [0, 0.1) is 5.92 Å². The molecule has 0 bridgehead atoms. The van der Waals surface area contributed by atoms with Crippen LogP contribution in [0.1, 0.15) is 71.6 Å². The lowest BCUT2D eigenvalue weighted by Gasteiger charge is -2.28. The van der Waals surface area contributed by atoms with Crippen LogP contribution >= 0.6 is 0 Å². The van der Waals surface area contributed by atoms with E-state index in [1.807, 2.05) is 0 Å². The summed E-state index contributed by atoms with van der Waals surface area (Å²) in [5.41, 5.74) is 5.85. The van der Waals surface area contributed by atoms with Crippen molar-refractivity contribution in [3.05, 3.63) is 0 Å². The molecule has 0 aliphatic rings. The minimum atomic E-state index is -2.65. The first-order chi connectivity index (χ1) is 27.0. The van der Waals surface area contributed by atoms with Gasteiger partial charge in [-0.2, -0.15) is 0 Å². The number of hydrogen-bond acceptors (Lipinski definition) is 16. The minimum Gasteiger partial charge on any atom is -0.389 e. The Labute approximate surface area is 343 Å². The first-order valence-corrected chi connectivity index (χ1v) is 24.9. The molecule has 16 nitrogen and oxygen atoms in total. The molecule has 0 rings (SSSR count). The number of unbranched alkanes of at least 4 members (excludes halogenated alkanes) is 3. The van der Waals surface area contributed by atoms with Gasteiger partial charge in [0.1, 0.15) is 0 Å². The fourth-order valence-electron chi connectivity index (χ4n) is 6.51. The van der Waals surface area contributed by atoms with E-state index in [4.69, 9.17) is 46.5 Å². The van der Waals surface area contributed by atoms with Crippen molar-refractivity contribution in [1.29, 1.82) is 0 Å². The molecule has 0 aromatic carbocycles. The highest BCUT2D eigenvalue weighted by atomic mass is 28.4. The van der Waals surface area contributed by atoms with Crippen LogP contribution < -0.4 is 11.1 Å². The average molecular weight is 847 g/mol. The molecule has 18 heteroatoms. The number of nitrogens with two attached hydrogens (primary N) is 1. The number of aliphatic hydroxyl groups is 3. The molecular formula is C38H86N4O12Si2. The van der Waals surface area contributed by atoms with Gasteiger partial charge in [-0.3, -0.25) is 9.80 Å². The van der Waals surface area contributed by atoms with E-state index in [2.05, 4.69) is 29.0 Å². The van der Waals surface area contributed by atoms with Crippen LogP contribution in [-0.2, 0) is 40.8 Å². The van der Waals surface area contributed by atoms with E-state index in [0.717, 1.165) is 64.7 Å². The van der Waals surface area contributed by atoms with Crippen LogP contribution in [0.15, 0.2) is 0 Å². The molecule has 4 atom stereocenters. The largest absolute Gasteiger partial charge is 0.500 e. The Morgan fingerprint density at radius 2 is 1.05 bits per heavy atom. The molecule has 0 aromatic heterocycles. The molecule has 56 heavy (non-hydrogen) atoms. The Kier molecular flexibility index (Phi) is 36.5. The third-order valence-corrected chi connectivity index (χ3v) is 15.7. The van der Waals surface area contributed by atoms with E-state index in [9.17, 15) is 15.3 Å². The molecular weight excluding hydrogens is 761 g/mol. The Bertz CT molecular complexity index is 842. The third-order valence-electron chi connectivity index (χ3n) is 10.0. The van der Waals surface area contributed by atoms with Gasteiger partial charge in [-0.25, -0.2) is 0 Å². The molecule has 0 spiro atoms. The molecule has 0 heterocycles. The highest BCUT2D eigenvalue weighted by Crippen LogP contribution is 2.16. The highest BCUT2D eigenvalue weighted by molar-refractivity contribution is 6.60. The van der Waals surface area contributed by atoms with Crippen molar-refractivity contribution in [3.8, 4) is 0 Å². The van der Waals surface area contributed by atoms with Crippen molar-refractivity contribution in [2.24, 2.45) is 11.7 Å². The zero-order valence-corrected chi connectivity index (χ0v) is 38.7. The SMILES string of the molecule is CCCCC(CC)COCC(O)CN(CCCCCNCCN(CCN)CC(O)COCCC[Si](OC)(OC)OC)CC(O)COCCC[Si](OC)(OC)OC. The molecule has 0 saturated carbocycles. The Hall–Kier alpha value is -0.206. The molecule has 4 unspecified atom stereocenters. The summed E-state index contributed by atoms with van der Waals surface area (Å²) in [4.78, 5) is 4.28. The highest BCUT2D eigenvalue weighted by Gasteiger charge is 2.37. The zero-order chi connectivity index (χ0) is 41.9. The van der Waals surface area contributed by atoms with E-state index >= 15 is 0 Å². The van der Waals surface area contributed by atoms with Crippen LogP contribution in [0.2, 0.25) is 12.1 Å². The van der Waals surface area contributed by atoms with Crippen LogP contribution in [0.25, 0.3) is 0 Å². The van der Waals surface area contributed by atoms with Crippen molar-refractivity contribution < 1.29 is 56.1 Å². The summed E-state index contributed by atoms with van der Waals surface area (Å²) in [5.74, 6) is 0.517. The van der Waals surface area contributed by atoms with Gasteiger partial charge in [0.15, 0.2) is 0 Å². The fourth-order valence-corrected chi connectivity index (χ4v) is 9.89. The van der Waals surface area contributed by atoms with E-state index in [1.54, 1.807) is 42.7 Å². The van der Waals surface area contributed by atoms with Crippen LogP contribution in [0.3, 0.4) is 0 Å². The number of nitrogens with zero attached hydrogens (tertiary/aromatic N) is 2. The second kappa shape index (κ2) is 36.6. The second-order valence-electron chi connectivity index (χ2n) is 14.5. The molecule has 0 saturated heterocycles. The van der Waals surface area contributed by atoms with Crippen molar-refractivity contribution >= 4 is 17.6 Å². The fraction of sp³-hybridized carbons (Fsp3) is 1.00. The van der Waals surface area contributed by atoms with Crippen LogP contribution in [0.5, 0.6) is 0 Å². The van der Waals surface area contributed by atoms with Crippen molar-refractivity contribution in [1.82, 2.24) is 15.1 Å². The molecule has 0 aliphatic heterocycles. The Morgan fingerprint density at radius 3 is 1.52 bits per heavy atom. The second-order valence-corrected chi connectivity index (χ2v) is 20.7. The van der Waals surface area contributed by atoms with Crippen LogP contribution in [-0.4, -0.2) is 202 Å². The molecule has 6 N–H and O–H groups in total. The number of ether oxygens (including phenoxy) is 3. The number of aliphatic hydroxyl groups excluding tert-OH is 3. The quantitative estimate of drug-likeness (QED) is 0.0444. The first kappa shape index (κ1) is 55.8. The summed E-state index contributed by atoms with van der Waals surface area (Å²) >= 11 is 0. The molecule has 0 aromatic rings. The molecule has 0 fully saturated rings. The van der Waals surface area contributed by atoms with Gasteiger partial charge < -0.3 is 67.1 Å². The van der Waals surface area contributed by atoms with Gasteiger partial charge >= 0.3 is 17.6 Å². The molecule has 0 aliphatic carbocycles. The van der Waals surface area contributed by atoms with Gasteiger partial charge in [-0.1, -0.05) is 39.5 Å². The lowest BCUT2D eigenvalue weighted by molar-refractivity contribution is -0.0165. The van der Waals surface area contributed by atoms with Gasteiger partial charge in [0.2, 0.25) is 0 Å². The van der Waals surface area contributed by atoms with Crippen molar-refractivity contribution in [3.63, 3.8) is 0 Å². The number of rotatable bonds is 43. The zero-order valence-electron chi connectivity index (χ0n) is 36.7. The summed E-state index contributed by atoms with van der Waals surface area (Å²) in [5, 5.41) is 35.8. The normalized spacial score (nSPS) is 14.9. The maximum atomic E-state index is 10.9. The first-order valence-electron chi connectivity index (χ1n) is 21.0. The summed E-state index contributed by atoms with van der Waals surface area (Å²) in [6, 6.07) is 1.28. The summed E-state index contributed by atoms with van der Waals surface area (Å²) in [6.45, 7) is 12.5. The standard InChI is InChI=1S/C38H86N4O12Si2/c1-9-11-17-35(10-2)31-54-34-38(45)30-42(29-37(44)33-53-25-16-27-56(49-6,50-7)51-8)21-14-12-13-19-40-20-23-41(22-18-39)28-36(43)32-52-24-15-26-55(46-3,47-4)48-5/h35-38,40,43-45H,9-34,39H2,1-8H3. The Morgan fingerprint density at radius 1 is 0.554 bits per heavy atom. The van der Waals surface area contributed by atoms with Gasteiger partial charge in [-0.05, 0) is 51.1 Å². The van der Waals surface area contributed by atoms with Crippen LogP contribution in [0.4, 0.5) is 0 Å². The lowest BCUT2D eigenvalue weighted by atomic mass is 10.0. The summed E-state index contributed by atoms with van der Waals surface area (Å²) in [6.07, 6.45) is 7.02. The monoisotopic (exact) mass is 847 g/mol. The molecule has 338 valence electrons. The molecule has 0 radical (unpaired) electrons. The Balaban J connectivity index is 4.68. The van der Waals surface area contributed by atoms with Crippen molar-refractivity contribution in [2.75, 3.05) is 141 Å². The van der Waals surface area contributed by atoms with Gasteiger partial charge in [-0.15, -0.1) is 0 Å². The average Bonchev–Trinajstić information content (AvgIpc) is 3.20. The van der Waals surface area contributed by atoms with Gasteiger partial charge in [0.05, 0.1) is 38.1 Å². The smallest absolute Gasteiger partial charge is 0.389 e. The van der Waals surface area contributed by atoms with E-state index in [0.29, 0.717) is 77.0 Å². The van der Waals surface area contributed by atoms with E-state index in [-0.39, 0.29) is 19.8 Å². The van der Waals surface area contributed by atoms with Gasteiger partial charge in [0, 0.05) is 120 Å². The maximum absolute atomic E-state index is 10.9. The van der Waals surface area contributed by atoms with E-state index in [1.165, 1.54) is 12.8 Å². The van der Waals surface area contributed by atoms with Gasteiger partial charge in [0.25, 0.3) is 0 Å². The number of nitrogens with one attached hydrogen (secondary N) is 1.